The van der Waals surface area contributed by atoms with E-state index < -0.39 is 0 Å². The summed E-state index contributed by atoms with van der Waals surface area (Å²) in [6.45, 7) is 0.668. The second kappa shape index (κ2) is 5.59. The van der Waals surface area contributed by atoms with Gasteiger partial charge in [-0.2, -0.15) is 0 Å². The average Bonchev–Trinajstić information content (AvgIpc) is 2.45. The lowest BCUT2D eigenvalue weighted by Crippen LogP contribution is -2.35. The number of nitrogens with one attached hydrogen (secondary N) is 2. The Labute approximate surface area is 116 Å². The van der Waals surface area contributed by atoms with Gasteiger partial charge in [-0.3, -0.25) is 4.79 Å². The molecule has 0 saturated carbocycles. The summed E-state index contributed by atoms with van der Waals surface area (Å²) in [6.07, 6.45) is 2.77. The lowest BCUT2D eigenvalue weighted by molar-refractivity contribution is 0.452. The molecule has 2 N–H and O–H groups in total. The van der Waals surface area contributed by atoms with Crippen LogP contribution in [0.2, 0.25) is 0 Å². The van der Waals surface area contributed by atoms with Gasteiger partial charge in [-0.25, -0.2) is 4.39 Å². The van der Waals surface area contributed by atoms with Crippen LogP contribution in [-0.2, 0) is 19.4 Å². The number of aromatic amines is 1. The van der Waals surface area contributed by atoms with Crippen LogP contribution in [0.4, 0.5) is 4.39 Å². The van der Waals surface area contributed by atoms with Crippen molar-refractivity contribution in [2.24, 2.45) is 0 Å². The zero-order valence-electron chi connectivity index (χ0n) is 11.2. The van der Waals surface area contributed by atoms with Crippen molar-refractivity contribution >= 4 is 0 Å². The molecule has 1 aromatic carbocycles. The van der Waals surface area contributed by atoms with Crippen LogP contribution < -0.4 is 10.9 Å². The number of aryl methyl sites for hydroxylation is 1. The van der Waals surface area contributed by atoms with Gasteiger partial charge in [-0.05, 0) is 42.5 Å². The number of H-pyrrole nitrogens is 1. The van der Waals surface area contributed by atoms with Gasteiger partial charge >= 0.3 is 0 Å². The third kappa shape index (κ3) is 2.96. The predicted octanol–water partition coefficient (Wildman–Crippen LogP) is 2.16. The molecule has 3 nitrogen and oxygen atoms in total. The Hall–Kier alpha value is -1.94. The first-order valence-corrected chi connectivity index (χ1v) is 6.89. The minimum Gasteiger partial charge on any atom is -0.326 e. The van der Waals surface area contributed by atoms with Gasteiger partial charge in [0.05, 0.1) is 0 Å². The first-order chi connectivity index (χ1) is 9.70. The van der Waals surface area contributed by atoms with Gasteiger partial charge < -0.3 is 10.3 Å². The summed E-state index contributed by atoms with van der Waals surface area (Å²) in [6, 6.07) is 10.5. The number of rotatable bonds is 3. The van der Waals surface area contributed by atoms with Crippen molar-refractivity contribution in [2.75, 3.05) is 0 Å². The molecule has 2 aromatic rings. The minimum absolute atomic E-state index is 0.0325. The van der Waals surface area contributed by atoms with Gasteiger partial charge in [0.1, 0.15) is 5.82 Å². The van der Waals surface area contributed by atoms with E-state index in [9.17, 15) is 9.18 Å². The van der Waals surface area contributed by atoms with E-state index in [-0.39, 0.29) is 11.4 Å². The molecule has 4 heteroatoms. The molecule has 0 fully saturated rings. The zero-order chi connectivity index (χ0) is 13.9. The van der Waals surface area contributed by atoms with E-state index in [1.807, 2.05) is 12.1 Å². The molecule has 1 aromatic heterocycles. The Morgan fingerprint density at radius 1 is 1.30 bits per heavy atom. The molecule has 0 spiro atoms. The van der Waals surface area contributed by atoms with Crippen LogP contribution >= 0.6 is 0 Å². The number of pyridine rings is 1. The summed E-state index contributed by atoms with van der Waals surface area (Å²) in [5.74, 6) is -0.198. The lowest BCUT2D eigenvalue weighted by atomic mass is 9.92. The van der Waals surface area contributed by atoms with E-state index in [4.69, 9.17) is 0 Å². The number of fused-ring (bicyclic) bond motifs is 1. The van der Waals surface area contributed by atoms with E-state index in [0.717, 1.165) is 30.5 Å². The number of halogens is 1. The highest BCUT2D eigenvalue weighted by Gasteiger charge is 2.18. The highest BCUT2D eigenvalue weighted by Crippen LogP contribution is 2.18. The molecule has 1 aliphatic rings. The summed E-state index contributed by atoms with van der Waals surface area (Å²) in [5, 5.41) is 3.46. The van der Waals surface area contributed by atoms with Crippen molar-refractivity contribution in [1.29, 1.82) is 0 Å². The molecule has 0 aliphatic heterocycles. The SMILES string of the molecule is O=c1ccc2c([nH]1)CCC(NCc1cccc(F)c1)C2. The minimum atomic E-state index is -0.198. The normalized spacial score (nSPS) is 17.8. The van der Waals surface area contributed by atoms with Crippen molar-refractivity contribution in [3.8, 4) is 0 Å². The summed E-state index contributed by atoms with van der Waals surface area (Å²) >= 11 is 0. The Kier molecular flexibility index (Phi) is 3.65. The second-order valence-corrected chi connectivity index (χ2v) is 5.28. The van der Waals surface area contributed by atoms with E-state index in [2.05, 4.69) is 10.3 Å². The molecule has 104 valence electrons. The standard InChI is InChI=1S/C16H17FN2O/c17-13-3-1-2-11(8-13)10-18-14-5-6-15-12(9-14)4-7-16(20)19-15/h1-4,7-8,14,18H,5-6,9-10H2,(H,19,20). The van der Waals surface area contributed by atoms with Gasteiger partial charge in [-0.15, -0.1) is 0 Å². The Morgan fingerprint density at radius 3 is 3.05 bits per heavy atom. The number of hydrogen-bond acceptors (Lipinski definition) is 2. The van der Waals surface area contributed by atoms with Crippen LogP contribution in [-0.4, -0.2) is 11.0 Å². The quantitative estimate of drug-likeness (QED) is 0.899. The van der Waals surface area contributed by atoms with Crippen molar-refractivity contribution < 1.29 is 4.39 Å². The molecule has 1 atom stereocenters. The fourth-order valence-electron chi connectivity index (χ4n) is 2.73. The largest absolute Gasteiger partial charge is 0.326 e. The summed E-state index contributed by atoms with van der Waals surface area (Å²) in [5.41, 5.74) is 3.18. The van der Waals surface area contributed by atoms with Crippen LogP contribution in [0, 0.1) is 5.82 Å². The lowest BCUT2D eigenvalue weighted by Gasteiger charge is -2.25. The van der Waals surface area contributed by atoms with Crippen LogP contribution in [0.5, 0.6) is 0 Å². The Balaban J connectivity index is 1.63. The fourth-order valence-corrected chi connectivity index (χ4v) is 2.73. The molecule has 20 heavy (non-hydrogen) atoms. The topological polar surface area (TPSA) is 44.9 Å². The zero-order valence-corrected chi connectivity index (χ0v) is 11.2. The Morgan fingerprint density at radius 2 is 2.20 bits per heavy atom. The van der Waals surface area contributed by atoms with Crippen molar-refractivity contribution in [3.05, 3.63) is 69.4 Å². The number of aromatic nitrogens is 1. The van der Waals surface area contributed by atoms with Crippen LogP contribution in [0.1, 0.15) is 23.2 Å². The maximum atomic E-state index is 13.1. The molecule has 1 aliphatic carbocycles. The Bertz CT molecular complexity index is 666. The van der Waals surface area contributed by atoms with Gasteiger partial charge in [0.2, 0.25) is 5.56 Å². The molecule has 1 unspecified atom stereocenters. The molecule has 0 amide bonds. The van der Waals surface area contributed by atoms with Crippen molar-refractivity contribution in [3.63, 3.8) is 0 Å². The average molecular weight is 272 g/mol. The van der Waals surface area contributed by atoms with E-state index in [1.165, 1.54) is 11.6 Å². The van der Waals surface area contributed by atoms with Crippen molar-refractivity contribution in [1.82, 2.24) is 10.3 Å². The highest BCUT2D eigenvalue weighted by atomic mass is 19.1. The number of benzene rings is 1. The number of hydrogen-bond donors (Lipinski definition) is 2. The fraction of sp³-hybridized carbons (Fsp3) is 0.312. The van der Waals surface area contributed by atoms with Crippen LogP contribution in [0.3, 0.4) is 0 Å². The molecular weight excluding hydrogens is 255 g/mol. The molecule has 0 saturated heterocycles. The van der Waals surface area contributed by atoms with E-state index >= 15 is 0 Å². The molecule has 1 heterocycles. The van der Waals surface area contributed by atoms with Gasteiger partial charge in [0, 0.05) is 24.3 Å². The smallest absolute Gasteiger partial charge is 0.248 e. The highest BCUT2D eigenvalue weighted by molar-refractivity contribution is 5.24. The monoisotopic (exact) mass is 272 g/mol. The summed E-state index contributed by atoms with van der Waals surface area (Å²) in [7, 11) is 0. The van der Waals surface area contributed by atoms with Crippen LogP contribution in [0.15, 0.2) is 41.2 Å². The van der Waals surface area contributed by atoms with Crippen molar-refractivity contribution in [2.45, 2.75) is 31.8 Å². The summed E-state index contributed by atoms with van der Waals surface area (Å²) < 4.78 is 13.1. The van der Waals surface area contributed by atoms with Gasteiger partial charge in [0.25, 0.3) is 0 Å². The van der Waals surface area contributed by atoms with Crippen LogP contribution in [0.25, 0.3) is 0 Å². The predicted molar refractivity (Wildman–Crippen MR) is 76.1 cm³/mol. The second-order valence-electron chi connectivity index (χ2n) is 5.28. The van der Waals surface area contributed by atoms with Gasteiger partial charge in [0.15, 0.2) is 0 Å². The summed E-state index contributed by atoms with van der Waals surface area (Å²) in [4.78, 5) is 14.2. The molecular formula is C16H17FN2O. The third-order valence-electron chi connectivity index (χ3n) is 3.79. The third-order valence-corrected chi connectivity index (χ3v) is 3.79. The molecule has 0 radical (unpaired) electrons. The molecule has 3 rings (SSSR count). The van der Waals surface area contributed by atoms with E-state index in [0.29, 0.717) is 12.6 Å². The van der Waals surface area contributed by atoms with Gasteiger partial charge in [-0.1, -0.05) is 18.2 Å². The molecule has 0 bridgehead atoms. The first-order valence-electron chi connectivity index (χ1n) is 6.89. The van der Waals surface area contributed by atoms with E-state index in [1.54, 1.807) is 18.2 Å². The maximum Gasteiger partial charge on any atom is 0.248 e. The first kappa shape index (κ1) is 13.1. The maximum absolute atomic E-state index is 13.1.